The highest BCUT2D eigenvalue weighted by molar-refractivity contribution is 6.36. The zero-order chi connectivity index (χ0) is 27.5. The number of unbranched alkanes of at least 4 members (excludes halogenated alkanes) is 2. The first kappa shape index (κ1) is 26.6. The van der Waals surface area contributed by atoms with E-state index in [0.29, 0.717) is 35.0 Å². The van der Waals surface area contributed by atoms with Crippen LogP contribution in [0.15, 0.2) is 66.7 Å². The third-order valence-electron chi connectivity index (χ3n) is 8.16. The molecule has 4 aliphatic rings. The van der Waals surface area contributed by atoms with Crippen molar-refractivity contribution in [3.8, 4) is 0 Å². The summed E-state index contributed by atoms with van der Waals surface area (Å²) in [5.41, 5.74) is 3.61. The van der Waals surface area contributed by atoms with E-state index in [1.165, 1.54) is 4.90 Å². The van der Waals surface area contributed by atoms with Crippen LogP contribution in [0.3, 0.4) is 0 Å². The number of carbonyl (C=O) groups excluding carboxylic acids is 3. The van der Waals surface area contributed by atoms with Gasteiger partial charge in [-0.15, -0.1) is 23.2 Å². The van der Waals surface area contributed by atoms with Gasteiger partial charge in [-0.1, -0.05) is 78.2 Å². The standard InChI is InChI=1S/C30H24Cl4N2O3/c31-17-13-14-22(32)23(16-17)35-24(37)12-2-1-7-15-36-27(38)25-26(28(36)39)30(34)19-9-4-3-8-18(19)29(25,33)20-10-5-6-11-21(20)30/h3-6,8-11,13-14,16,25-26H,1-2,7,12,15H2,(H,35,37)/t25-,26-,29?,30?/m0/s1. The molecule has 1 saturated heterocycles. The molecule has 3 aromatic carbocycles. The van der Waals surface area contributed by atoms with E-state index in [2.05, 4.69) is 5.32 Å². The van der Waals surface area contributed by atoms with Gasteiger partial charge in [0.25, 0.3) is 0 Å². The lowest BCUT2D eigenvalue weighted by Gasteiger charge is -2.54. The Hall–Kier alpha value is -2.57. The van der Waals surface area contributed by atoms with Crippen LogP contribution in [0.2, 0.25) is 10.0 Å². The van der Waals surface area contributed by atoms with Gasteiger partial charge in [0, 0.05) is 18.0 Å². The van der Waals surface area contributed by atoms with Crippen molar-refractivity contribution in [3.63, 3.8) is 0 Å². The lowest BCUT2D eigenvalue weighted by Crippen LogP contribution is -2.57. The Bertz CT molecular complexity index is 1400. The zero-order valence-electron chi connectivity index (χ0n) is 20.7. The number of imide groups is 1. The number of amides is 3. The van der Waals surface area contributed by atoms with Crippen molar-refractivity contribution in [2.45, 2.75) is 35.4 Å². The number of halogens is 4. The molecule has 1 N–H and O–H groups in total. The number of likely N-dealkylation sites (tertiary alicyclic amines) is 1. The highest BCUT2D eigenvalue weighted by Crippen LogP contribution is 2.69. The van der Waals surface area contributed by atoms with Gasteiger partial charge in [0.1, 0.15) is 9.75 Å². The summed E-state index contributed by atoms with van der Waals surface area (Å²) < 4.78 is 0. The first-order valence-electron chi connectivity index (χ1n) is 12.9. The Morgan fingerprint density at radius 2 is 1.28 bits per heavy atom. The van der Waals surface area contributed by atoms with Crippen molar-refractivity contribution in [2.24, 2.45) is 11.8 Å². The zero-order valence-corrected chi connectivity index (χ0v) is 23.7. The summed E-state index contributed by atoms with van der Waals surface area (Å²) in [6.45, 7) is 0.249. The third-order valence-corrected chi connectivity index (χ3v) is 10.0. The molecule has 2 atom stereocenters. The second-order valence-corrected chi connectivity index (χ2v) is 12.3. The molecule has 3 amide bonds. The van der Waals surface area contributed by atoms with Crippen molar-refractivity contribution < 1.29 is 14.4 Å². The van der Waals surface area contributed by atoms with Crippen LogP contribution in [0.25, 0.3) is 0 Å². The molecule has 5 nitrogen and oxygen atoms in total. The van der Waals surface area contributed by atoms with Gasteiger partial charge in [0.15, 0.2) is 0 Å². The Kier molecular flexibility index (Phi) is 6.70. The second-order valence-electron chi connectivity index (χ2n) is 10.3. The number of benzene rings is 3. The maximum Gasteiger partial charge on any atom is 0.235 e. The van der Waals surface area contributed by atoms with Gasteiger partial charge in [-0.05, 0) is 53.3 Å². The normalized spacial score (nSPS) is 26.3. The highest BCUT2D eigenvalue weighted by Gasteiger charge is 2.72. The summed E-state index contributed by atoms with van der Waals surface area (Å²) in [6, 6.07) is 20.1. The van der Waals surface area contributed by atoms with E-state index in [9.17, 15) is 14.4 Å². The van der Waals surface area contributed by atoms with Crippen LogP contribution < -0.4 is 5.32 Å². The molecule has 39 heavy (non-hydrogen) atoms. The number of hydrogen-bond donors (Lipinski definition) is 1. The van der Waals surface area contributed by atoms with Crippen molar-refractivity contribution in [1.82, 2.24) is 4.90 Å². The Balaban J connectivity index is 1.16. The van der Waals surface area contributed by atoms with Gasteiger partial charge in [-0.2, -0.15) is 0 Å². The Labute approximate surface area is 246 Å². The van der Waals surface area contributed by atoms with Gasteiger partial charge in [-0.25, -0.2) is 0 Å². The monoisotopic (exact) mass is 600 g/mol. The van der Waals surface area contributed by atoms with Gasteiger partial charge in [-0.3, -0.25) is 19.3 Å². The molecule has 1 heterocycles. The van der Waals surface area contributed by atoms with Gasteiger partial charge >= 0.3 is 0 Å². The first-order chi connectivity index (χ1) is 18.7. The number of carbonyl (C=O) groups is 3. The van der Waals surface area contributed by atoms with Crippen LogP contribution in [0.1, 0.15) is 47.9 Å². The topological polar surface area (TPSA) is 66.5 Å². The second kappa shape index (κ2) is 9.81. The maximum atomic E-state index is 13.8. The molecule has 0 unspecified atom stereocenters. The summed E-state index contributed by atoms with van der Waals surface area (Å²) in [4.78, 5) is 39.0. The molecule has 0 saturated carbocycles. The van der Waals surface area contributed by atoms with Gasteiger partial charge in [0.05, 0.1) is 22.5 Å². The summed E-state index contributed by atoms with van der Waals surface area (Å²) in [7, 11) is 0. The van der Waals surface area contributed by atoms with Crippen molar-refractivity contribution in [2.75, 3.05) is 11.9 Å². The molecule has 1 fully saturated rings. The largest absolute Gasteiger partial charge is 0.325 e. The quantitative estimate of drug-likeness (QED) is 0.179. The molecule has 7 rings (SSSR count). The molecule has 0 spiro atoms. The fraction of sp³-hybridized carbons (Fsp3) is 0.300. The molecule has 0 aromatic heterocycles. The summed E-state index contributed by atoms with van der Waals surface area (Å²) in [5, 5.41) is 3.66. The molecular formula is C30H24Cl4N2O3. The van der Waals surface area contributed by atoms with E-state index in [1.807, 2.05) is 48.5 Å². The predicted octanol–water partition coefficient (Wildman–Crippen LogP) is 7.09. The van der Waals surface area contributed by atoms with Gasteiger partial charge < -0.3 is 5.32 Å². The average molecular weight is 602 g/mol. The number of hydrogen-bond acceptors (Lipinski definition) is 3. The maximum absolute atomic E-state index is 13.8. The van der Waals surface area contributed by atoms with E-state index in [1.54, 1.807) is 18.2 Å². The first-order valence-corrected chi connectivity index (χ1v) is 14.4. The predicted molar refractivity (Wildman–Crippen MR) is 153 cm³/mol. The lowest BCUT2D eigenvalue weighted by atomic mass is 9.54. The number of rotatable bonds is 7. The van der Waals surface area contributed by atoms with Crippen LogP contribution in [0.4, 0.5) is 5.69 Å². The van der Waals surface area contributed by atoms with Gasteiger partial charge in [0.2, 0.25) is 17.7 Å². The summed E-state index contributed by atoms with van der Waals surface area (Å²) >= 11 is 27.0. The number of anilines is 1. The van der Waals surface area contributed by atoms with E-state index in [4.69, 9.17) is 46.4 Å². The molecule has 2 bridgehead atoms. The fourth-order valence-electron chi connectivity index (χ4n) is 6.48. The number of nitrogens with one attached hydrogen (secondary N) is 1. The third kappa shape index (κ3) is 3.93. The highest BCUT2D eigenvalue weighted by atomic mass is 35.5. The van der Waals surface area contributed by atoms with Crippen molar-refractivity contribution in [1.29, 1.82) is 0 Å². The average Bonchev–Trinajstić information content (AvgIpc) is 3.19. The molecule has 0 radical (unpaired) electrons. The van der Waals surface area contributed by atoms with Crippen LogP contribution in [-0.2, 0) is 24.1 Å². The Morgan fingerprint density at radius 3 is 1.79 bits per heavy atom. The van der Waals surface area contributed by atoms with E-state index >= 15 is 0 Å². The summed E-state index contributed by atoms with van der Waals surface area (Å²) in [5.74, 6) is -2.34. The molecule has 9 heteroatoms. The minimum absolute atomic E-state index is 0.182. The molecule has 1 aliphatic heterocycles. The van der Waals surface area contributed by atoms with Crippen LogP contribution in [0, 0.1) is 11.8 Å². The number of alkyl halides is 2. The van der Waals surface area contributed by atoms with E-state index in [-0.39, 0.29) is 30.7 Å². The fourth-order valence-corrected chi connectivity index (χ4v) is 7.92. The van der Waals surface area contributed by atoms with Crippen LogP contribution in [0.5, 0.6) is 0 Å². The summed E-state index contributed by atoms with van der Waals surface area (Å²) in [6.07, 6.45) is 2.08. The van der Waals surface area contributed by atoms with Crippen LogP contribution in [-0.4, -0.2) is 29.2 Å². The molecule has 200 valence electrons. The molecule has 3 aliphatic carbocycles. The molecule has 3 aromatic rings. The SMILES string of the molecule is O=C(CCCCCN1C(=O)[C@@H]2[C@@H](C1=O)C1(Cl)c3ccccc3C2(Cl)c2ccccc21)Nc1cc(Cl)ccc1Cl. The minimum Gasteiger partial charge on any atom is -0.325 e. The van der Waals surface area contributed by atoms with E-state index < -0.39 is 21.6 Å². The minimum atomic E-state index is -1.17. The van der Waals surface area contributed by atoms with E-state index in [0.717, 1.165) is 22.3 Å². The van der Waals surface area contributed by atoms with Crippen molar-refractivity contribution in [3.05, 3.63) is 99.0 Å². The van der Waals surface area contributed by atoms with Crippen molar-refractivity contribution >= 4 is 69.8 Å². The Morgan fingerprint density at radius 1 is 0.769 bits per heavy atom. The van der Waals surface area contributed by atoms with Crippen LogP contribution >= 0.6 is 46.4 Å². The lowest BCUT2D eigenvalue weighted by molar-refractivity contribution is -0.140. The molecular weight excluding hydrogens is 578 g/mol. The smallest absolute Gasteiger partial charge is 0.235 e. The number of nitrogens with zero attached hydrogens (tertiary/aromatic N) is 1.